The monoisotopic (exact) mass is 464 g/mol. The summed E-state index contributed by atoms with van der Waals surface area (Å²) >= 11 is 1.41. The number of aromatic nitrogens is 7. The minimum atomic E-state index is -0.617. The smallest absolute Gasteiger partial charge is 0.295 e. The molecule has 164 valence electrons. The molecule has 1 N–H and O–H groups in total. The van der Waals surface area contributed by atoms with Crippen molar-refractivity contribution in [2.75, 3.05) is 5.32 Å². The minimum absolute atomic E-state index is 0.0767. The number of nitrogens with one attached hydrogen (secondary N) is 1. The first kappa shape index (κ1) is 20.6. The number of amides is 1. The molecule has 5 rings (SSSR count). The molecule has 9 nitrogen and oxygen atoms in total. The fourth-order valence-electron chi connectivity index (χ4n) is 3.16. The van der Waals surface area contributed by atoms with Crippen LogP contribution in [-0.2, 0) is 0 Å². The summed E-state index contributed by atoms with van der Waals surface area (Å²) in [4.78, 5) is 18.1. The maximum atomic E-state index is 14.3. The zero-order valence-corrected chi connectivity index (χ0v) is 17.8. The molecule has 0 unspecified atom stereocenters. The number of halogens is 2. The summed E-state index contributed by atoms with van der Waals surface area (Å²) in [5, 5.41) is 19.8. The van der Waals surface area contributed by atoms with E-state index >= 15 is 0 Å². The van der Waals surface area contributed by atoms with Crippen LogP contribution < -0.4 is 5.32 Å². The Morgan fingerprint density at radius 3 is 2.67 bits per heavy atom. The number of anilines is 1. The van der Waals surface area contributed by atoms with Crippen molar-refractivity contribution in [2.24, 2.45) is 0 Å². The Balaban J connectivity index is 1.50. The fourth-order valence-corrected chi connectivity index (χ4v) is 3.85. The summed E-state index contributed by atoms with van der Waals surface area (Å²) in [6.07, 6.45) is 0. The quantitative estimate of drug-likeness (QED) is 0.424. The van der Waals surface area contributed by atoms with Crippen molar-refractivity contribution in [1.82, 2.24) is 35.0 Å². The molecule has 1 amide bonds. The van der Waals surface area contributed by atoms with Gasteiger partial charge in [-0.15, -0.1) is 21.5 Å². The molecular formula is C21H14F2N8OS. The molecule has 0 radical (unpaired) electrons. The van der Waals surface area contributed by atoms with Crippen molar-refractivity contribution < 1.29 is 13.6 Å². The van der Waals surface area contributed by atoms with Crippen LogP contribution in [0.15, 0.2) is 60.0 Å². The Morgan fingerprint density at radius 1 is 1.06 bits per heavy atom. The molecule has 0 aliphatic heterocycles. The van der Waals surface area contributed by atoms with E-state index in [1.54, 1.807) is 19.1 Å². The van der Waals surface area contributed by atoms with Crippen molar-refractivity contribution >= 4 is 22.9 Å². The Labute approximate surface area is 189 Å². The molecule has 0 aliphatic rings. The molecule has 3 heterocycles. The molecule has 0 saturated heterocycles. The third-order valence-electron chi connectivity index (χ3n) is 4.66. The normalized spacial score (nSPS) is 11.0. The minimum Gasteiger partial charge on any atom is -0.319 e. The maximum Gasteiger partial charge on any atom is 0.295 e. The Kier molecular flexibility index (Phi) is 5.18. The van der Waals surface area contributed by atoms with Crippen molar-refractivity contribution in [3.63, 3.8) is 0 Å². The van der Waals surface area contributed by atoms with Crippen LogP contribution in [0.25, 0.3) is 22.1 Å². The van der Waals surface area contributed by atoms with E-state index in [0.717, 1.165) is 4.88 Å². The predicted octanol–water partition coefficient (Wildman–Crippen LogP) is 3.81. The van der Waals surface area contributed by atoms with E-state index in [2.05, 4.69) is 30.9 Å². The average molecular weight is 464 g/mol. The van der Waals surface area contributed by atoms with Crippen LogP contribution in [0.1, 0.15) is 16.4 Å². The van der Waals surface area contributed by atoms with Gasteiger partial charge >= 0.3 is 0 Å². The van der Waals surface area contributed by atoms with Gasteiger partial charge in [-0.2, -0.15) is 4.68 Å². The van der Waals surface area contributed by atoms with Gasteiger partial charge in [0.15, 0.2) is 11.6 Å². The van der Waals surface area contributed by atoms with E-state index in [-0.39, 0.29) is 11.5 Å². The number of aryl methyl sites for hydroxylation is 1. The van der Waals surface area contributed by atoms with Gasteiger partial charge in [0.1, 0.15) is 17.3 Å². The van der Waals surface area contributed by atoms with Crippen molar-refractivity contribution in [3.8, 4) is 22.1 Å². The second kappa shape index (κ2) is 8.31. The Bertz CT molecular complexity index is 1460. The molecule has 3 aromatic heterocycles. The number of nitrogens with zero attached hydrogens (tertiary/aromatic N) is 7. The summed E-state index contributed by atoms with van der Waals surface area (Å²) < 4.78 is 30.8. The first-order valence-electron chi connectivity index (χ1n) is 9.63. The van der Waals surface area contributed by atoms with Gasteiger partial charge in [0.05, 0.1) is 10.6 Å². The van der Waals surface area contributed by atoms with Gasteiger partial charge in [0.2, 0.25) is 5.82 Å². The van der Waals surface area contributed by atoms with Crippen LogP contribution >= 0.6 is 11.3 Å². The first-order valence-corrected chi connectivity index (χ1v) is 10.5. The number of rotatable bonds is 5. The number of hydrogen-bond donors (Lipinski definition) is 1. The standard InChI is InChI=1S/C21H14F2N8OS/c1-12-26-28-29-30(12)17-11-14(7-8-16(17)23)24-21(32)19-25-20(18-6-3-9-33-18)31(27-19)15-5-2-4-13(22)10-15/h2-11H,1H3,(H,24,32). The average Bonchev–Trinajstić information content (AvgIpc) is 3.55. The molecule has 2 aromatic carbocycles. The highest BCUT2D eigenvalue weighted by Crippen LogP contribution is 2.26. The number of tetrazole rings is 1. The molecule has 33 heavy (non-hydrogen) atoms. The maximum absolute atomic E-state index is 14.3. The molecule has 0 spiro atoms. The SMILES string of the molecule is Cc1nnnn1-c1cc(NC(=O)c2nc(-c3cccs3)n(-c3cccc(F)c3)n2)ccc1F. The zero-order valence-electron chi connectivity index (χ0n) is 17.0. The third kappa shape index (κ3) is 3.99. The topological polar surface area (TPSA) is 103 Å². The molecule has 0 saturated carbocycles. The van der Waals surface area contributed by atoms with Crippen molar-refractivity contribution in [1.29, 1.82) is 0 Å². The van der Waals surface area contributed by atoms with Crippen LogP contribution in [0, 0.1) is 18.6 Å². The van der Waals surface area contributed by atoms with Crippen molar-refractivity contribution in [2.45, 2.75) is 6.92 Å². The molecular weight excluding hydrogens is 450 g/mol. The number of thiophene rings is 1. The lowest BCUT2D eigenvalue weighted by molar-refractivity contribution is 0.101. The molecule has 0 bridgehead atoms. The van der Waals surface area contributed by atoms with Gasteiger partial charge in [0, 0.05) is 5.69 Å². The van der Waals surface area contributed by atoms with Crippen LogP contribution in [0.5, 0.6) is 0 Å². The molecule has 0 aliphatic carbocycles. The highest BCUT2D eigenvalue weighted by molar-refractivity contribution is 7.13. The van der Waals surface area contributed by atoms with Gasteiger partial charge in [0.25, 0.3) is 5.91 Å². The summed E-state index contributed by atoms with van der Waals surface area (Å²) in [5.74, 6) is -0.973. The van der Waals surface area contributed by atoms with Gasteiger partial charge < -0.3 is 5.32 Å². The predicted molar refractivity (Wildman–Crippen MR) is 116 cm³/mol. The van der Waals surface area contributed by atoms with Crippen LogP contribution in [0.4, 0.5) is 14.5 Å². The number of carbonyl (C=O) groups is 1. The van der Waals surface area contributed by atoms with E-state index in [1.165, 1.54) is 51.0 Å². The van der Waals surface area contributed by atoms with Crippen LogP contribution in [0.2, 0.25) is 0 Å². The molecule has 0 fully saturated rings. The van der Waals surface area contributed by atoms with Crippen LogP contribution in [0.3, 0.4) is 0 Å². The fraction of sp³-hybridized carbons (Fsp3) is 0.0476. The summed E-state index contributed by atoms with van der Waals surface area (Å²) in [6.45, 7) is 1.62. The number of carbonyl (C=O) groups excluding carboxylic acids is 1. The number of hydrogen-bond acceptors (Lipinski definition) is 7. The Morgan fingerprint density at radius 2 is 1.94 bits per heavy atom. The van der Waals surface area contributed by atoms with Gasteiger partial charge in [-0.05, 0) is 65.2 Å². The number of benzene rings is 2. The largest absolute Gasteiger partial charge is 0.319 e. The zero-order chi connectivity index (χ0) is 22.9. The first-order chi connectivity index (χ1) is 16.0. The molecule has 12 heteroatoms. The van der Waals surface area contributed by atoms with Gasteiger partial charge in [-0.3, -0.25) is 4.79 Å². The lowest BCUT2D eigenvalue weighted by atomic mass is 10.2. The van der Waals surface area contributed by atoms with E-state index in [4.69, 9.17) is 0 Å². The van der Waals surface area contributed by atoms with E-state index in [0.29, 0.717) is 23.0 Å². The second-order valence-corrected chi connectivity index (χ2v) is 7.83. The highest BCUT2D eigenvalue weighted by atomic mass is 32.1. The lowest BCUT2D eigenvalue weighted by Crippen LogP contribution is -2.15. The van der Waals surface area contributed by atoms with E-state index < -0.39 is 17.5 Å². The molecule has 0 atom stereocenters. The highest BCUT2D eigenvalue weighted by Gasteiger charge is 2.20. The summed E-state index contributed by atoms with van der Waals surface area (Å²) in [5.41, 5.74) is 0.794. The second-order valence-electron chi connectivity index (χ2n) is 6.89. The summed E-state index contributed by atoms with van der Waals surface area (Å²) in [6, 6.07) is 13.5. The van der Waals surface area contributed by atoms with Gasteiger partial charge in [-0.25, -0.2) is 18.4 Å². The lowest BCUT2D eigenvalue weighted by Gasteiger charge is -2.07. The summed E-state index contributed by atoms with van der Waals surface area (Å²) in [7, 11) is 0. The van der Waals surface area contributed by atoms with Crippen LogP contribution in [-0.4, -0.2) is 40.9 Å². The van der Waals surface area contributed by atoms with E-state index in [9.17, 15) is 13.6 Å². The Hall–Kier alpha value is -4.32. The van der Waals surface area contributed by atoms with Gasteiger partial charge in [-0.1, -0.05) is 12.1 Å². The molecule has 5 aromatic rings. The van der Waals surface area contributed by atoms with Crippen molar-refractivity contribution in [3.05, 3.63) is 83.3 Å². The van der Waals surface area contributed by atoms with E-state index in [1.807, 2.05) is 17.5 Å². The third-order valence-corrected chi connectivity index (χ3v) is 5.53.